The second kappa shape index (κ2) is 6.78. The van der Waals surface area contributed by atoms with Gasteiger partial charge in [0.2, 0.25) is 0 Å². The molecule has 0 fully saturated rings. The summed E-state index contributed by atoms with van der Waals surface area (Å²) in [5.74, 6) is 1.01. The third kappa shape index (κ3) is 3.15. The number of hydrogen-bond acceptors (Lipinski definition) is 2. The topological polar surface area (TPSA) is 25.2 Å². The van der Waals surface area contributed by atoms with Crippen molar-refractivity contribution in [2.24, 2.45) is 0 Å². The number of aryl methyl sites for hydroxylation is 1. The molecule has 0 aliphatic heterocycles. The summed E-state index contributed by atoms with van der Waals surface area (Å²) >= 11 is 9.85. The maximum atomic E-state index is 6.24. The Hall–Kier alpha value is -0.510. The normalized spacial score (nSPS) is 11.4. The third-order valence-electron chi connectivity index (χ3n) is 3.13. The molecule has 0 saturated carbocycles. The van der Waals surface area contributed by atoms with Gasteiger partial charge in [-0.1, -0.05) is 47.8 Å². The molecular formula is C15H19BrClNO. The minimum atomic E-state index is 0.678. The SMILES string of the molecule is CCCNCc1oc2c(Cl)ccc(Br)c2c1CCC. The van der Waals surface area contributed by atoms with Gasteiger partial charge in [0.15, 0.2) is 5.58 Å². The second-order valence-corrected chi connectivity index (χ2v) is 5.93. The molecule has 0 saturated heterocycles. The zero-order chi connectivity index (χ0) is 13.8. The molecule has 4 heteroatoms. The van der Waals surface area contributed by atoms with Gasteiger partial charge in [0.25, 0.3) is 0 Å². The van der Waals surface area contributed by atoms with Crippen LogP contribution in [-0.2, 0) is 13.0 Å². The van der Waals surface area contributed by atoms with Crippen LogP contribution in [0.3, 0.4) is 0 Å². The van der Waals surface area contributed by atoms with Crippen molar-refractivity contribution in [1.29, 1.82) is 0 Å². The molecule has 0 amide bonds. The average Bonchev–Trinajstić information content (AvgIpc) is 2.75. The minimum absolute atomic E-state index is 0.678. The number of furan rings is 1. The molecule has 0 spiro atoms. The Morgan fingerprint density at radius 3 is 2.74 bits per heavy atom. The molecule has 19 heavy (non-hydrogen) atoms. The van der Waals surface area contributed by atoms with Crippen LogP contribution >= 0.6 is 27.5 Å². The molecule has 0 aliphatic carbocycles. The predicted octanol–water partition coefficient (Wildman–Crippen LogP) is 5.30. The number of fused-ring (bicyclic) bond motifs is 1. The van der Waals surface area contributed by atoms with Gasteiger partial charge in [-0.25, -0.2) is 0 Å². The summed E-state index contributed by atoms with van der Waals surface area (Å²) in [6.45, 7) is 6.10. The summed E-state index contributed by atoms with van der Waals surface area (Å²) in [6, 6.07) is 3.86. The van der Waals surface area contributed by atoms with Gasteiger partial charge in [0.1, 0.15) is 5.76 Å². The zero-order valence-corrected chi connectivity index (χ0v) is 13.7. The van der Waals surface area contributed by atoms with Gasteiger partial charge in [-0.15, -0.1) is 0 Å². The highest BCUT2D eigenvalue weighted by molar-refractivity contribution is 9.10. The van der Waals surface area contributed by atoms with Crippen LogP contribution in [0.2, 0.25) is 5.02 Å². The fourth-order valence-corrected chi connectivity index (χ4v) is 3.02. The van der Waals surface area contributed by atoms with E-state index in [1.807, 2.05) is 12.1 Å². The van der Waals surface area contributed by atoms with Crippen LogP contribution in [0.5, 0.6) is 0 Å². The maximum absolute atomic E-state index is 6.24. The molecule has 2 rings (SSSR count). The van der Waals surface area contributed by atoms with E-state index in [-0.39, 0.29) is 0 Å². The van der Waals surface area contributed by atoms with Crippen molar-refractivity contribution in [2.75, 3.05) is 6.54 Å². The van der Waals surface area contributed by atoms with E-state index in [4.69, 9.17) is 16.0 Å². The molecule has 0 atom stereocenters. The first-order valence-corrected chi connectivity index (χ1v) is 7.95. The van der Waals surface area contributed by atoms with Crippen LogP contribution in [-0.4, -0.2) is 6.54 Å². The van der Waals surface area contributed by atoms with Crippen LogP contribution in [0.25, 0.3) is 11.0 Å². The number of hydrogen-bond donors (Lipinski definition) is 1. The standard InChI is InChI=1S/C15H19BrClNO/c1-3-5-10-13(9-18-8-4-2)19-15-12(17)7-6-11(16)14(10)15/h6-7,18H,3-5,8-9H2,1-2H3. The first-order chi connectivity index (χ1) is 9.19. The average molecular weight is 345 g/mol. The second-order valence-electron chi connectivity index (χ2n) is 4.66. The molecule has 0 radical (unpaired) electrons. The lowest BCUT2D eigenvalue weighted by molar-refractivity contribution is 0.507. The van der Waals surface area contributed by atoms with E-state index in [9.17, 15) is 0 Å². The van der Waals surface area contributed by atoms with E-state index >= 15 is 0 Å². The Morgan fingerprint density at radius 2 is 2.05 bits per heavy atom. The Kier molecular flexibility index (Phi) is 5.31. The molecule has 1 N–H and O–H groups in total. The summed E-state index contributed by atoms with van der Waals surface area (Å²) < 4.78 is 7.04. The van der Waals surface area contributed by atoms with Crippen molar-refractivity contribution in [3.63, 3.8) is 0 Å². The Labute approximate surface area is 127 Å². The van der Waals surface area contributed by atoms with Gasteiger partial charge >= 0.3 is 0 Å². The van der Waals surface area contributed by atoms with Crippen LogP contribution in [0.4, 0.5) is 0 Å². The summed E-state index contributed by atoms with van der Waals surface area (Å²) in [6.07, 6.45) is 3.22. The van der Waals surface area contributed by atoms with E-state index in [0.29, 0.717) is 5.02 Å². The van der Waals surface area contributed by atoms with Gasteiger partial charge in [-0.2, -0.15) is 0 Å². The molecule has 104 valence electrons. The van der Waals surface area contributed by atoms with E-state index in [1.54, 1.807) is 0 Å². The first kappa shape index (κ1) is 14.9. The van der Waals surface area contributed by atoms with E-state index in [2.05, 4.69) is 35.1 Å². The highest BCUT2D eigenvalue weighted by Crippen LogP contribution is 2.37. The molecule has 1 aromatic heterocycles. The highest BCUT2D eigenvalue weighted by atomic mass is 79.9. The molecule has 0 aliphatic rings. The van der Waals surface area contributed by atoms with Crippen LogP contribution in [0.15, 0.2) is 21.0 Å². The Bertz CT molecular complexity index is 565. The van der Waals surface area contributed by atoms with Crippen LogP contribution in [0.1, 0.15) is 38.0 Å². The minimum Gasteiger partial charge on any atom is -0.458 e. The smallest absolute Gasteiger partial charge is 0.154 e. The molecule has 2 aromatic rings. The van der Waals surface area contributed by atoms with E-state index < -0.39 is 0 Å². The molecule has 1 aromatic carbocycles. The molecule has 1 heterocycles. The monoisotopic (exact) mass is 343 g/mol. The molecule has 0 unspecified atom stereocenters. The van der Waals surface area contributed by atoms with Crippen molar-refractivity contribution >= 4 is 38.5 Å². The fourth-order valence-electron chi connectivity index (χ4n) is 2.27. The lowest BCUT2D eigenvalue weighted by atomic mass is 10.1. The summed E-state index contributed by atoms with van der Waals surface area (Å²) in [4.78, 5) is 0. The van der Waals surface area contributed by atoms with Crippen LogP contribution in [0, 0.1) is 0 Å². The largest absolute Gasteiger partial charge is 0.458 e. The summed E-state index contributed by atoms with van der Waals surface area (Å²) in [7, 11) is 0. The van der Waals surface area contributed by atoms with Crippen molar-refractivity contribution in [2.45, 2.75) is 39.7 Å². The predicted molar refractivity (Wildman–Crippen MR) is 84.9 cm³/mol. The zero-order valence-electron chi connectivity index (χ0n) is 11.4. The lowest BCUT2D eigenvalue weighted by Crippen LogP contribution is -2.14. The van der Waals surface area contributed by atoms with Crippen molar-refractivity contribution in [3.05, 3.63) is 33.0 Å². The number of nitrogens with one attached hydrogen (secondary N) is 1. The Morgan fingerprint density at radius 1 is 1.26 bits per heavy atom. The highest BCUT2D eigenvalue weighted by Gasteiger charge is 2.17. The first-order valence-electron chi connectivity index (χ1n) is 6.78. The summed E-state index contributed by atoms with van der Waals surface area (Å²) in [5, 5.41) is 5.20. The van der Waals surface area contributed by atoms with Gasteiger partial charge in [0.05, 0.1) is 11.6 Å². The molecule has 0 bridgehead atoms. The van der Waals surface area contributed by atoms with Crippen molar-refractivity contribution in [1.82, 2.24) is 5.32 Å². The lowest BCUT2D eigenvalue weighted by Gasteiger charge is -2.03. The van der Waals surface area contributed by atoms with Crippen molar-refractivity contribution < 1.29 is 4.42 Å². The Balaban J connectivity index is 2.47. The summed E-state index contributed by atoms with van der Waals surface area (Å²) in [5.41, 5.74) is 2.07. The van der Waals surface area contributed by atoms with Gasteiger partial charge < -0.3 is 9.73 Å². The van der Waals surface area contributed by atoms with E-state index in [0.717, 1.165) is 53.6 Å². The number of rotatable bonds is 6. The third-order valence-corrected chi connectivity index (χ3v) is 4.09. The van der Waals surface area contributed by atoms with Crippen LogP contribution < -0.4 is 5.32 Å². The van der Waals surface area contributed by atoms with Crippen molar-refractivity contribution in [3.8, 4) is 0 Å². The number of benzene rings is 1. The van der Waals surface area contributed by atoms with Gasteiger partial charge in [0, 0.05) is 15.4 Å². The molecular weight excluding hydrogens is 326 g/mol. The van der Waals surface area contributed by atoms with Gasteiger partial charge in [-0.05, 0) is 31.5 Å². The fraction of sp³-hybridized carbons (Fsp3) is 0.467. The molecule has 2 nitrogen and oxygen atoms in total. The maximum Gasteiger partial charge on any atom is 0.154 e. The van der Waals surface area contributed by atoms with Gasteiger partial charge in [-0.3, -0.25) is 0 Å². The quantitative estimate of drug-likeness (QED) is 0.719. The van der Waals surface area contributed by atoms with E-state index in [1.165, 1.54) is 5.56 Å². The number of halogens is 2.